The number of carbonyl (C=O) groups excluding carboxylic acids is 1. The number of aryl methyl sites for hydroxylation is 1. The van der Waals surface area contributed by atoms with Crippen LogP contribution in [0.25, 0.3) is 11.0 Å². The quantitative estimate of drug-likeness (QED) is 0.733. The van der Waals surface area contributed by atoms with E-state index >= 15 is 0 Å². The third-order valence-electron chi connectivity index (χ3n) is 4.44. The van der Waals surface area contributed by atoms with Crippen LogP contribution in [0.3, 0.4) is 0 Å². The lowest BCUT2D eigenvalue weighted by atomic mass is 10.0. The van der Waals surface area contributed by atoms with Gasteiger partial charge in [0.1, 0.15) is 11.0 Å². The van der Waals surface area contributed by atoms with E-state index in [2.05, 4.69) is 27.4 Å². The number of urea groups is 1. The Balaban J connectivity index is 1.82. The number of aromatic nitrogens is 4. The molecule has 1 N–H and O–H groups in total. The summed E-state index contributed by atoms with van der Waals surface area (Å²) in [6.07, 6.45) is 6.58. The molecule has 0 aliphatic carbocycles. The Kier molecular flexibility index (Phi) is 5.46. The third kappa shape index (κ3) is 3.82. The monoisotopic (exact) mass is 352 g/mol. The summed E-state index contributed by atoms with van der Waals surface area (Å²) in [7, 11) is 3.58. The van der Waals surface area contributed by atoms with E-state index in [4.69, 9.17) is 0 Å². The summed E-state index contributed by atoms with van der Waals surface area (Å²) < 4.78 is 0. The molecule has 1 aromatic carbocycles. The number of nitrogens with one attached hydrogen (secondary N) is 1. The lowest BCUT2D eigenvalue weighted by molar-refractivity contribution is 0.200. The number of pyridine rings is 1. The molecule has 0 radical (unpaired) electrons. The summed E-state index contributed by atoms with van der Waals surface area (Å²) in [5.74, 6) is 0. The van der Waals surface area contributed by atoms with Crippen LogP contribution in [0.2, 0.25) is 0 Å². The van der Waals surface area contributed by atoms with Crippen molar-refractivity contribution in [2.75, 3.05) is 12.4 Å². The Morgan fingerprint density at radius 3 is 2.85 bits per heavy atom. The highest BCUT2D eigenvalue weighted by atomic mass is 16.2. The number of nitrogens with zero attached hydrogens (tertiary/aromatic N) is 5. The molecule has 0 fully saturated rings. The van der Waals surface area contributed by atoms with Gasteiger partial charge in [-0.05, 0) is 30.2 Å². The predicted octanol–water partition coefficient (Wildman–Crippen LogP) is 3.76. The van der Waals surface area contributed by atoms with Gasteiger partial charge in [-0.25, -0.2) is 4.79 Å². The van der Waals surface area contributed by atoms with Gasteiger partial charge in [0.05, 0.1) is 11.7 Å². The standard InChI is InChI=1S/C19H24N6O/c1-4-5-11-17(14-8-7-12-20-13-14)24(2)19(26)21-15-9-6-10-16-18(15)23-25(3)22-16/h6-10,12-13,17H,4-5,11H2,1-3H3,(H,21,26)/t17-/m0/s1. The summed E-state index contributed by atoms with van der Waals surface area (Å²) in [4.78, 5) is 20.3. The Hall–Kier alpha value is -2.96. The second-order valence-corrected chi connectivity index (χ2v) is 6.35. The second kappa shape index (κ2) is 7.95. The van der Waals surface area contributed by atoms with Crippen molar-refractivity contribution < 1.29 is 4.79 Å². The molecule has 0 aliphatic heterocycles. The fourth-order valence-electron chi connectivity index (χ4n) is 3.04. The SMILES string of the molecule is CCCC[C@@H](c1cccnc1)N(C)C(=O)Nc1cccc2nn(C)nc12. The first-order valence-corrected chi connectivity index (χ1v) is 8.84. The fraction of sp³-hybridized carbons (Fsp3) is 0.368. The maximum absolute atomic E-state index is 12.9. The first-order valence-electron chi connectivity index (χ1n) is 8.84. The van der Waals surface area contributed by atoms with Crippen molar-refractivity contribution in [2.24, 2.45) is 7.05 Å². The fourth-order valence-corrected chi connectivity index (χ4v) is 3.04. The van der Waals surface area contributed by atoms with Crippen molar-refractivity contribution in [1.82, 2.24) is 24.9 Å². The van der Waals surface area contributed by atoms with E-state index in [1.807, 2.05) is 43.6 Å². The van der Waals surface area contributed by atoms with Crippen molar-refractivity contribution in [3.05, 3.63) is 48.3 Å². The van der Waals surface area contributed by atoms with Gasteiger partial charge in [0.15, 0.2) is 0 Å². The molecule has 2 aromatic heterocycles. The number of fused-ring (bicyclic) bond motifs is 1. The average molecular weight is 352 g/mol. The summed E-state index contributed by atoms with van der Waals surface area (Å²) in [5, 5.41) is 11.6. The van der Waals surface area contributed by atoms with Crippen LogP contribution < -0.4 is 5.32 Å². The van der Waals surface area contributed by atoms with E-state index in [9.17, 15) is 4.79 Å². The molecule has 0 saturated carbocycles. The van der Waals surface area contributed by atoms with Gasteiger partial charge in [0.25, 0.3) is 0 Å². The van der Waals surface area contributed by atoms with Gasteiger partial charge < -0.3 is 10.2 Å². The molecular formula is C19H24N6O. The van der Waals surface area contributed by atoms with Crippen LogP contribution >= 0.6 is 0 Å². The summed E-state index contributed by atoms with van der Waals surface area (Å²) in [6, 6.07) is 9.30. The first-order chi connectivity index (χ1) is 12.6. The largest absolute Gasteiger partial charge is 0.322 e. The molecule has 0 unspecified atom stereocenters. The second-order valence-electron chi connectivity index (χ2n) is 6.35. The third-order valence-corrected chi connectivity index (χ3v) is 4.44. The van der Waals surface area contributed by atoms with E-state index in [0.717, 1.165) is 30.3 Å². The normalized spacial score (nSPS) is 12.1. The molecule has 3 aromatic rings. The molecule has 1 atom stereocenters. The molecular weight excluding hydrogens is 328 g/mol. The number of unbranched alkanes of at least 4 members (excludes halogenated alkanes) is 1. The number of hydrogen-bond acceptors (Lipinski definition) is 4. The lowest BCUT2D eigenvalue weighted by Gasteiger charge is -2.28. The highest BCUT2D eigenvalue weighted by Crippen LogP contribution is 2.26. The highest BCUT2D eigenvalue weighted by molar-refractivity contribution is 5.98. The Labute approximate surface area is 153 Å². The molecule has 0 aliphatic rings. The number of rotatable bonds is 6. The van der Waals surface area contributed by atoms with Crippen LogP contribution in [0.5, 0.6) is 0 Å². The van der Waals surface area contributed by atoms with Crippen molar-refractivity contribution in [3.63, 3.8) is 0 Å². The minimum Gasteiger partial charge on any atom is -0.320 e. The average Bonchev–Trinajstić information content (AvgIpc) is 3.04. The van der Waals surface area contributed by atoms with E-state index < -0.39 is 0 Å². The summed E-state index contributed by atoms with van der Waals surface area (Å²) in [6.45, 7) is 2.15. The zero-order chi connectivity index (χ0) is 18.5. The van der Waals surface area contributed by atoms with Gasteiger partial charge in [0, 0.05) is 26.5 Å². The molecule has 2 heterocycles. The Bertz CT molecular complexity index is 876. The highest BCUT2D eigenvalue weighted by Gasteiger charge is 2.22. The maximum Gasteiger partial charge on any atom is 0.322 e. The minimum absolute atomic E-state index is 0.0234. The Morgan fingerprint density at radius 1 is 1.27 bits per heavy atom. The van der Waals surface area contributed by atoms with Gasteiger partial charge in [-0.3, -0.25) is 4.98 Å². The molecule has 0 saturated heterocycles. The molecule has 136 valence electrons. The molecule has 7 nitrogen and oxygen atoms in total. The first kappa shape index (κ1) is 17.8. The number of amides is 2. The number of hydrogen-bond donors (Lipinski definition) is 1. The molecule has 26 heavy (non-hydrogen) atoms. The topological polar surface area (TPSA) is 75.9 Å². The van der Waals surface area contributed by atoms with Crippen molar-refractivity contribution in [1.29, 1.82) is 0 Å². The van der Waals surface area contributed by atoms with Gasteiger partial charge in [-0.2, -0.15) is 15.0 Å². The number of benzene rings is 1. The molecule has 3 rings (SSSR count). The van der Waals surface area contributed by atoms with E-state index in [0.29, 0.717) is 11.2 Å². The summed E-state index contributed by atoms with van der Waals surface area (Å²) in [5.41, 5.74) is 3.13. The van der Waals surface area contributed by atoms with Gasteiger partial charge in [-0.1, -0.05) is 31.9 Å². The number of carbonyl (C=O) groups is 1. The van der Waals surface area contributed by atoms with E-state index in [1.54, 1.807) is 18.1 Å². The van der Waals surface area contributed by atoms with Gasteiger partial charge >= 0.3 is 6.03 Å². The van der Waals surface area contributed by atoms with Gasteiger partial charge in [-0.15, -0.1) is 0 Å². The van der Waals surface area contributed by atoms with Crippen LogP contribution in [-0.4, -0.2) is 38.0 Å². The zero-order valence-electron chi connectivity index (χ0n) is 15.4. The Morgan fingerprint density at radius 2 is 2.12 bits per heavy atom. The lowest BCUT2D eigenvalue weighted by Crippen LogP contribution is -2.35. The van der Waals surface area contributed by atoms with Gasteiger partial charge in [0.2, 0.25) is 0 Å². The van der Waals surface area contributed by atoms with E-state index in [-0.39, 0.29) is 12.1 Å². The van der Waals surface area contributed by atoms with Crippen molar-refractivity contribution in [3.8, 4) is 0 Å². The maximum atomic E-state index is 12.9. The van der Waals surface area contributed by atoms with Crippen LogP contribution in [0, 0.1) is 0 Å². The zero-order valence-corrected chi connectivity index (χ0v) is 15.4. The summed E-state index contributed by atoms with van der Waals surface area (Å²) >= 11 is 0. The van der Waals surface area contributed by atoms with Crippen molar-refractivity contribution >= 4 is 22.8 Å². The molecule has 7 heteroatoms. The number of anilines is 1. The molecule has 2 amide bonds. The minimum atomic E-state index is -0.173. The smallest absolute Gasteiger partial charge is 0.320 e. The predicted molar refractivity (Wildman–Crippen MR) is 102 cm³/mol. The molecule has 0 spiro atoms. The molecule has 0 bridgehead atoms. The van der Waals surface area contributed by atoms with E-state index in [1.165, 1.54) is 4.80 Å². The van der Waals surface area contributed by atoms with Crippen molar-refractivity contribution in [2.45, 2.75) is 32.2 Å². The van der Waals surface area contributed by atoms with Crippen LogP contribution in [0.4, 0.5) is 10.5 Å². The van der Waals surface area contributed by atoms with Crippen LogP contribution in [0.1, 0.15) is 37.8 Å². The van der Waals surface area contributed by atoms with Crippen LogP contribution in [-0.2, 0) is 7.05 Å². The van der Waals surface area contributed by atoms with Crippen LogP contribution in [0.15, 0.2) is 42.7 Å².